The number of rotatable bonds is 7. The van der Waals surface area contributed by atoms with Crippen LogP contribution in [0.2, 0.25) is 0 Å². The monoisotopic (exact) mass is 476 g/mol. The molecule has 2 aromatic carbocycles. The molecular weight excluding hydrogens is 455 g/mol. The van der Waals surface area contributed by atoms with E-state index in [1.54, 1.807) is 23.1 Å². The second-order valence-corrected chi connectivity index (χ2v) is 9.76. The van der Waals surface area contributed by atoms with Gasteiger partial charge in [-0.15, -0.1) is 11.3 Å². The summed E-state index contributed by atoms with van der Waals surface area (Å²) in [5, 5.41) is 10.6. The van der Waals surface area contributed by atoms with E-state index < -0.39 is 0 Å². The maximum atomic E-state index is 5.50. The van der Waals surface area contributed by atoms with E-state index in [0.717, 1.165) is 22.4 Å². The molecule has 0 aliphatic rings. The molecule has 0 saturated carbocycles. The zero-order chi connectivity index (χ0) is 21.9. The van der Waals surface area contributed by atoms with Crippen LogP contribution in [0.4, 0.5) is 0 Å². The molecule has 0 aliphatic carbocycles. The molecule has 0 fully saturated rings. The van der Waals surface area contributed by atoms with Gasteiger partial charge in [-0.3, -0.25) is 9.67 Å². The SMILES string of the molecule is Cc1ccc(-[n+]2cc(-c3cccs3)[nH]c2SCc2n[nH]c(=S)n2Cc2ccccc2)cc1. The molecular formula is C24H22N5S3+. The average molecular weight is 477 g/mol. The molecule has 3 heterocycles. The lowest BCUT2D eigenvalue weighted by Gasteiger charge is -2.06. The van der Waals surface area contributed by atoms with Crippen molar-refractivity contribution >= 4 is 35.3 Å². The van der Waals surface area contributed by atoms with E-state index in [-0.39, 0.29) is 0 Å². The van der Waals surface area contributed by atoms with Crippen molar-refractivity contribution < 1.29 is 4.57 Å². The van der Waals surface area contributed by atoms with E-state index in [2.05, 4.69) is 91.3 Å². The van der Waals surface area contributed by atoms with Crippen molar-refractivity contribution in [2.75, 3.05) is 0 Å². The van der Waals surface area contributed by atoms with Gasteiger partial charge >= 0.3 is 5.16 Å². The first kappa shape index (κ1) is 20.9. The van der Waals surface area contributed by atoms with E-state index in [4.69, 9.17) is 12.2 Å². The van der Waals surface area contributed by atoms with Crippen molar-refractivity contribution in [2.45, 2.75) is 24.4 Å². The third-order valence-electron chi connectivity index (χ3n) is 5.18. The van der Waals surface area contributed by atoms with Crippen LogP contribution in [0.15, 0.2) is 83.5 Å². The summed E-state index contributed by atoms with van der Waals surface area (Å²) < 4.78 is 4.92. The summed E-state index contributed by atoms with van der Waals surface area (Å²) in [4.78, 5) is 4.82. The summed E-state index contributed by atoms with van der Waals surface area (Å²) in [6, 6.07) is 23.1. The number of hydrogen-bond donors (Lipinski definition) is 2. The molecule has 5 rings (SSSR count). The van der Waals surface area contributed by atoms with Crippen LogP contribution in [0.5, 0.6) is 0 Å². The van der Waals surface area contributed by atoms with Crippen LogP contribution >= 0.6 is 35.3 Å². The predicted octanol–water partition coefficient (Wildman–Crippen LogP) is 5.92. The number of aromatic amines is 2. The predicted molar refractivity (Wildman–Crippen MR) is 133 cm³/mol. The van der Waals surface area contributed by atoms with Gasteiger partial charge in [0.25, 0.3) is 0 Å². The van der Waals surface area contributed by atoms with Crippen LogP contribution in [0.25, 0.3) is 16.3 Å². The molecule has 2 N–H and O–H groups in total. The minimum atomic E-state index is 0.640. The number of nitrogens with one attached hydrogen (secondary N) is 2. The Morgan fingerprint density at radius 1 is 1.06 bits per heavy atom. The van der Waals surface area contributed by atoms with E-state index >= 15 is 0 Å². The first-order valence-corrected chi connectivity index (χ1v) is 12.5. The van der Waals surface area contributed by atoms with Gasteiger partial charge < -0.3 is 0 Å². The fourth-order valence-corrected chi connectivity index (χ4v) is 5.35. The fourth-order valence-electron chi connectivity index (χ4n) is 3.48. The third-order valence-corrected chi connectivity index (χ3v) is 7.37. The Morgan fingerprint density at radius 2 is 1.88 bits per heavy atom. The largest absolute Gasteiger partial charge is 0.321 e. The Labute approximate surface area is 199 Å². The number of benzene rings is 2. The highest BCUT2D eigenvalue weighted by atomic mass is 32.2. The number of nitrogens with zero attached hydrogens (tertiary/aromatic N) is 3. The van der Waals surface area contributed by atoms with Gasteiger partial charge in [0.05, 0.1) is 17.2 Å². The summed E-state index contributed by atoms with van der Waals surface area (Å²) in [6.45, 7) is 2.81. The van der Waals surface area contributed by atoms with Gasteiger partial charge in [0.15, 0.2) is 10.5 Å². The lowest BCUT2D eigenvalue weighted by molar-refractivity contribution is -0.635. The van der Waals surface area contributed by atoms with Crippen LogP contribution in [-0.2, 0) is 12.3 Å². The van der Waals surface area contributed by atoms with Gasteiger partial charge in [-0.25, -0.2) is 4.98 Å². The highest BCUT2D eigenvalue weighted by molar-refractivity contribution is 7.98. The Kier molecular flexibility index (Phi) is 6.07. The van der Waals surface area contributed by atoms with Crippen molar-refractivity contribution in [2.24, 2.45) is 0 Å². The highest BCUT2D eigenvalue weighted by Crippen LogP contribution is 2.27. The molecule has 0 radical (unpaired) electrons. The fraction of sp³-hybridized carbons (Fsp3) is 0.125. The van der Waals surface area contributed by atoms with Crippen molar-refractivity contribution in [3.63, 3.8) is 0 Å². The van der Waals surface area contributed by atoms with Gasteiger partial charge in [-0.05, 0) is 60.0 Å². The molecule has 0 aliphatic heterocycles. The zero-order valence-electron chi connectivity index (χ0n) is 17.5. The Morgan fingerprint density at radius 3 is 2.62 bits per heavy atom. The Bertz CT molecular complexity index is 1360. The number of aromatic nitrogens is 5. The van der Waals surface area contributed by atoms with Gasteiger partial charge in [-0.2, -0.15) is 9.67 Å². The molecule has 5 nitrogen and oxygen atoms in total. The molecule has 160 valence electrons. The average Bonchev–Trinajstić information content (AvgIpc) is 3.55. The number of H-pyrrole nitrogens is 2. The molecule has 8 heteroatoms. The second-order valence-electron chi connectivity index (χ2n) is 7.46. The molecule has 0 spiro atoms. The summed E-state index contributed by atoms with van der Waals surface area (Å²) in [5.41, 5.74) is 4.67. The lowest BCUT2D eigenvalue weighted by Crippen LogP contribution is -2.30. The summed E-state index contributed by atoms with van der Waals surface area (Å²) >= 11 is 8.95. The maximum Gasteiger partial charge on any atom is 0.321 e. The number of hydrogen-bond acceptors (Lipinski definition) is 4. The number of thiophene rings is 1. The Balaban J connectivity index is 1.44. The van der Waals surface area contributed by atoms with Crippen molar-refractivity contribution in [3.8, 4) is 16.3 Å². The number of thioether (sulfide) groups is 1. The first-order valence-electron chi connectivity index (χ1n) is 10.2. The van der Waals surface area contributed by atoms with E-state index in [1.807, 2.05) is 18.2 Å². The summed E-state index contributed by atoms with van der Waals surface area (Å²) in [5.74, 6) is 1.61. The molecule has 0 unspecified atom stereocenters. The third kappa shape index (κ3) is 4.48. The number of imidazole rings is 1. The zero-order valence-corrected chi connectivity index (χ0v) is 19.9. The van der Waals surface area contributed by atoms with Crippen molar-refractivity contribution in [1.29, 1.82) is 0 Å². The van der Waals surface area contributed by atoms with Gasteiger partial charge in [0.1, 0.15) is 17.7 Å². The van der Waals surface area contributed by atoms with Crippen molar-refractivity contribution in [1.82, 2.24) is 19.7 Å². The lowest BCUT2D eigenvalue weighted by atomic mass is 10.2. The van der Waals surface area contributed by atoms with Crippen LogP contribution in [0.1, 0.15) is 17.0 Å². The minimum Gasteiger partial charge on any atom is -0.299 e. The minimum absolute atomic E-state index is 0.640. The molecule has 0 amide bonds. The van der Waals surface area contributed by atoms with Gasteiger partial charge in [0.2, 0.25) is 0 Å². The molecule has 32 heavy (non-hydrogen) atoms. The van der Waals surface area contributed by atoms with E-state index in [1.165, 1.54) is 16.0 Å². The molecule has 5 aromatic rings. The van der Waals surface area contributed by atoms with E-state index in [9.17, 15) is 0 Å². The van der Waals surface area contributed by atoms with Crippen LogP contribution in [0, 0.1) is 11.7 Å². The molecule has 3 aromatic heterocycles. The number of aryl methyl sites for hydroxylation is 1. The molecule has 0 saturated heterocycles. The first-order chi connectivity index (χ1) is 15.7. The maximum absolute atomic E-state index is 5.50. The van der Waals surface area contributed by atoms with Crippen LogP contribution in [-0.4, -0.2) is 19.7 Å². The molecule has 0 bridgehead atoms. The van der Waals surface area contributed by atoms with E-state index in [0.29, 0.717) is 17.1 Å². The van der Waals surface area contributed by atoms with Gasteiger partial charge in [0, 0.05) is 0 Å². The summed E-state index contributed by atoms with van der Waals surface area (Å²) in [6.07, 6.45) is 2.17. The molecule has 0 atom stereocenters. The standard InChI is InChI=1S/C24H21N5S3/c1-17-9-11-19(12-10-17)28-15-20(21-8-5-13-31-21)25-24(28)32-16-22-26-27-23(30)29(22)14-18-6-3-2-4-7-18/h2-13,15H,14,16H2,1H3,(H,27,30)/p+1. The smallest absolute Gasteiger partial charge is 0.299 e. The normalized spacial score (nSPS) is 11.2. The van der Waals surface area contributed by atoms with Crippen molar-refractivity contribution in [3.05, 3.63) is 100 Å². The highest BCUT2D eigenvalue weighted by Gasteiger charge is 2.21. The Hall–Kier alpha value is -2.94. The summed E-state index contributed by atoms with van der Waals surface area (Å²) in [7, 11) is 0. The van der Waals surface area contributed by atoms with Gasteiger partial charge in [-0.1, -0.05) is 54.1 Å². The second kappa shape index (κ2) is 9.28. The van der Waals surface area contributed by atoms with Crippen LogP contribution in [0.3, 0.4) is 0 Å². The topological polar surface area (TPSA) is 53.3 Å². The van der Waals surface area contributed by atoms with Crippen LogP contribution < -0.4 is 4.57 Å². The quantitative estimate of drug-likeness (QED) is 0.174.